The number of nitrogens with zero attached hydrogens (tertiary/aromatic N) is 4. The number of nitrogens with one attached hydrogen (secondary N) is 1. The Hall–Kier alpha value is -1.75. The number of piperidine rings is 1. The third-order valence-corrected chi connectivity index (χ3v) is 11.7. The van der Waals surface area contributed by atoms with E-state index in [0.717, 1.165) is 49.6 Å². The van der Waals surface area contributed by atoms with Crippen LogP contribution in [0.15, 0.2) is 12.4 Å². The number of aliphatic hydroxyl groups is 1. The Morgan fingerprint density at radius 3 is 2.49 bits per heavy atom. The molecule has 2 aliphatic heterocycles. The molecule has 9 nitrogen and oxygen atoms in total. The van der Waals surface area contributed by atoms with E-state index in [1.165, 1.54) is 18.4 Å². The topological polar surface area (TPSA) is 110 Å². The molecule has 10 heteroatoms. The molecule has 0 aromatic carbocycles. The number of fused-ring (bicyclic) bond motifs is 1. The first-order valence-electron chi connectivity index (χ1n) is 14.3. The molecule has 2 N–H and O–H groups in total. The maximum atomic E-state index is 13.2. The zero-order chi connectivity index (χ0) is 25.6. The van der Waals surface area contributed by atoms with Gasteiger partial charge in [-0.15, -0.1) is 0 Å². The van der Waals surface area contributed by atoms with Crippen molar-refractivity contribution in [2.24, 2.45) is 5.92 Å². The van der Waals surface area contributed by atoms with Gasteiger partial charge in [0.2, 0.25) is 16.0 Å². The van der Waals surface area contributed by atoms with E-state index in [4.69, 9.17) is 14.7 Å². The summed E-state index contributed by atoms with van der Waals surface area (Å²) in [7, 11) is -3.28. The van der Waals surface area contributed by atoms with E-state index in [9.17, 15) is 13.5 Å². The van der Waals surface area contributed by atoms with E-state index in [1.54, 1.807) is 4.31 Å². The summed E-state index contributed by atoms with van der Waals surface area (Å²) in [5, 5.41) is 14.4. The van der Waals surface area contributed by atoms with Crippen molar-refractivity contribution in [1.82, 2.24) is 18.8 Å². The summed E-state index contributed by atoms with van der Waals surface area (Å²) < 4.78 is 35.9. The maximum Gasteiger partial charge on any atom is 0.224 e. The smallest absolute Gasteiger partial charge is 0.224 e. The van der Waals surface area contributed by atoms with Crippen LogP contribution in [0, 0.1) is 5.92 Å². The van der Waals surface area contributed by atoms with Gasteiger partial charge < -0.3 is 19.7 Å². The zero-order valence-corrected chi connectivity index (χ0v) is 22.7. The lowest BCUT2D eigenvalue weighted by molar-refractivity contribution is 0.0969. The summed E-state index contributed by atoms with van der Waals surface area (Å²) in [5.41, 5.74) is 2.22. The molecule has 4 aliphatic rings. The fourth-order valence-corrected chi connectivity index (χ4v) is 8.64. The number of anilines is 1. The van der Waals surface area contributed by atoms with E-state index in [0.29, 0.717) is 63.1 Å². The van der Waals surface area contributed by atoms with Crippen molar-refractivity contribution >= 4 is 27.0 Å². The Balaban J connectivity index is 1.24. The molecule has 2 saturated heterocycles. The van der Waals surface area contributed by atoms with Crippen LogP contribution in [0.3, 0.4) is 0 Å². The molecule has 0 spiro atoms. The van der Waals surface area contributed by atoms with Crippen molar-refractivity contribution in [2.45, 2.75) is 100 Å². The predicted molar refractivity (Wildman–Crippen MR) is 143 cm³/mol. The van der Waals surface area contributed by atoms with Crippen molar-refractivity contribution in [1.29, 1.82) is 0 Å². The molecule has 0 bridgehead atoms. The van der Waals surface area contributed by atoms with Gasteiger partial charge in [-0.25, -0.2) is 17.7 Å². The summed E-state index contributed by atoms with van der Waals surface area (Å²) in [5.74, 6) is 1.70. The van der Waals surface area contributed by atoms with Crippen LogP contribution in [0.5, 0.6) is 0 Å². The van der Waals surface area contributed by atoms with E-state index in [2.05, 4.69) is 23.0 Å². The third kappa shape index (κ3) is 5.14. The Morgan fingerprint density at radius 2 is 1.81 bits per heavy atom. The van der Waals surface area contributed by atoms with Crippen molar-refractivity contribution in [3.63, 3.8) is 0 Å². The van der Waals surface area contributed by atoms with E-state index in [1.807, 2.05) is 6.20 Å². The summed E-state index contributed by atoms with van der Waals surface area (Å²) in [6.07, 6.45) is 12.7. The summed E-state index contributed by atoms with van der Waals surface area (Å²) in [4.78, 5) is 9.71. The first-order chi connectivity index (χ1) is 17.9. The largest absolute Gasteiger partial charge is 0.393 e. The molecule has 2 aromatic heterocycles. The van der Waals surface area contributed by atoms with Gasteiger partial charge in [-0.2, -0.15) is 4.98 Å². The number of rotatable bonds is 7. The first-order valence-corrected chi connectivity index (χ1v) is 15.8. The van der Waals surface area contributed by atoms with Gasteiger partial charge in [0.05, 0.1) is 11.4 Å². The first kappa shape index (κ1) is 25.5. The minimum absolute atomic E-state index is 0.202. The molecular weight excluding hydrogens is 490 g/mol. The molecule has 4 heterocycles. The lowest BCUT2D eigenvalue weighted by Gasteiger charge is -2.34. The van der Waals surface area contributed by atoms with Crippen LogP contribution < -0.4 is 5.32 Å². The van der Waals surface area contributed by atoms with Crippen LogP contribution in [-0.2, 0) is 14.8 Å². The normalized spacial score (nSPS) is 30.5. The molecule has 37 heavy (non-hydrogen) atoms. The van der Waals surface area contributed by atoms with Gasteiger partial charge in [0, 0.05) is 56.2 Å². The molecule has 4 fully saturated rings. The van der Waals surface area contributed by atoms with Crippen molar-refractivity contribution < 1.29 is 18.3 Å². The van der Waals surface area contributed by atoms with Crippen LogP contribution in [0.25, 0.3) is 11.0 Å². The lowest BCUT2D eigenvalue weighted by atomic mass is 9.90. The molecule has 2 aliphatic carbocycles. The van der Waals surface area contributed by atoms with Crippen LogP contribution >= 0.6 is 0 Å². The predicted octanol–water partition coefficient (Wildman–Crippen LogP) is 3.81. The number of hydrogen-bond acceptors (Lipinski definition) is 7. The maximum absolute atomic E-state index is 13.2. The van der Waals surface area contributed by atoms with E-state index in [-0.39, 0.29) is 17.3 Å². The fourth-order valence-electron chi connectivity index (χ4n) is 6.71. The Kier molecular flexibility index (Phi) is 7.20. The van der Waals surface area contributed by atoms with Crippen LogP contribution in [0.4, 0.5) is 5.95 Å². The lowest BCUT2D eigenvalue weighted by Crippen LogP contribution is -2.44. The Morgan fingerprint density at radius 1 is 1.08 bits per heavy atom. The average Bonchev–Trinajstić information content (AvgIpc) is 3.58. The third-order valence-electron chi connectivity index (χ3n) is 9.27. The number of sulfonamides is 1. The SMILES string of the molecule is CC[C@@H]1C[C@H]1Nc1ncc2c(C3CCN(S(=O)(=O)C4CCOCC4)CC3)cn(C3CCC(O)CC3)c2n1. The second kappa shape index (κ2) is 10.4. The molecule has 2 aromatic rings. The van der Waals surface area contributed by atoms with Crippen LogP contribution in [-0.4, -0.2) is 76.1 Å². The standard InChI is InChI=1S/C27H41N5O4S/c1-2-18-15-25(18)29-27-28-16-23-24(17-32(26(23)30-27)20-3-5-21(33)6-4-20)19-7-11-31(12-8-19)37(34,35)22-9-13-36-14-10-22/h16-22,25,33H,2-15H2,1H3,(H,28,29,30)/t18-,20?,21?,25-/m1/s1. The van der Waals surface area contributed by atoms with Gasteiger partial charge in [-0.3, -0.25) is 0 Å². The van der Waals surface area contributed by atoms with Crippen LogP contribution in [0.2, 0.25) is 0 Å². The molecule has 0 unspecified atom stereocenters. The zero-order valence-electron chi connectivity index (χ0n) is 21.9. The molecule has 6 rings (SSSR count). The quantitative estimate of drug-likeness (QED) is 0.559. The molecule has 0 radical (unpaired) electrons. The Bertz CT molecular complexity index is 1190. The van der Waals surface area contributed by atoms with Crippen molar-refractivity contribution in [3.05, 3.63) is 18.0 Å². The minimum Gasteiger partial charge on any atom is -0.393 e. The van der Waals surface area contributed by atoms with Gasteiger partial charge >= 0.3 is 0 Å². The summed E-state index contributed by atoms with van der Waals surface area (Å²) in [6, 6.07) is 0.790. The van der Waals surface area contributed by atoms with E-state index < -0.39 is 10.0 Å². The van der Waals surface area contributed by atoms with Gasteiger partial charge in [0.15, 0.2) is 0 Å². The molecule has 0 amide bonds. The second-order valence-corrected chi connectivity index (χ2v) is 13.8. The summed E-state index contributed by atoms with van der Waals surface area (Å²) >= 11 is 0. The molecule has 2 atom stereocenters. The van der Waals surface area contributed by atoms with Gasteiger partial charge in [-0.05, 0) is 75.2 Å². The van der Waals surface area contributed by atoms with Crippen molar-refractivity contribution in [3.8, 4) is 0 Å². The second-order valence-electron chi connectivity index (χ2n) is 11.6. The number of aromatic nitrogens is 3. The highest BCUT2D eigenvalue weighted by atomic mass is 32.2. The van der Waals surface area contributed by atoms with E-state index >= 15 is 0 Å². The number of ether oxygens (including phenoxy) is 1. The van der Waals surface area contributed by atoms with Gasteiger partial charge in [-0.1, -0.05) is 13.3 Å². The number of hydrogen-bond donors (Lipinski definition) is 2. The monoisotopic (exact) mass is 531 g/mol. The minimum atomic E-state index is -3.28. The number of aliphatic hydroxyl groups excluding tert-OH is 1. The molecular formula is C27H41N5O4S. The summed E-state index contributed by atoms with van der Waals surface area (Å²) in [6.45, 7) is 4.43. The Labute approximate surface area is 220 Å². The highest BCUT2D eigenvalue weighted by Gasteiger charge is 2.38. The van der Waals surface area contributed by atoms with Crippen LogP contribution in [0.1, 0.15) is 88.7 Å². The fraction of sp³-hybridized carbons (Fsp3) is 0.778. The molecule has 2 saturated carbocycles. The van der Waals surface area contributed by atoms with Gasteiger partial charge in [0.25, 0.3) is 0 Å². The van der Waals surface area contributed by atoms with Crippen molar-refractivity contribution in [2.75, 3.05) is 31.6 Å². The molecule has 204 valence electrons. The highest BCUT2D eigenvalue weighted by Crippen LogP contribution is 2.40. The highest BCUT2D eigenvalue weighted by molar-refractivity contribution is 7.89. The van der Waals surface area contributed by atoms with Gasteiger partial charge in [0.1, 0.15) is 5.65 Å². The average molecular weight is 532 g/mol.